The molecule has 6 nitrogen and oxygen atoms in total. The molecular weight excluding hydrogens is 861 g/mol. The van der Waals surface area contributed by atoms with Crippen LogP contribution in [0.15, 0.2) is 159 Å². The molecule has 0 saturated carbocycles. The molecule has 7 heteroatoms. The zero-order chi connectivity index (χ0) is 48.3. The number of benzene rings is 4. The maximum Gasteiger partial charge on any atom is 0.338 e. The minimum atomic E-state index is -1.36. The predicted molar refractivity (Wildman–Crippen MR) is 295 cm³/mol. The van der Waals surface area contributed by atoms with Crippen LogP contribution in [0.25, 0.3) is 90.9 Å². The van der Waals surface area contributed by atoms with E-state index in [1.165, 1.54) is 16.7 Å². The van der Waals surface area contributed by atoms with Gasteiger partial charge in [0.1, 0.15) is 0 Å². The number of esters is 1. The monoisotopic (exact) mass is 920 g/mol. The number of nitrogens with one attached hydrogen (secondary N) is 2. The Morgan fingerprint density at radius 1 is 0.522 bits per heavy atom. The first kappa shape index (κ1) is 46.5. The summed E-state index contributed by atoms with van der Waals surface area (Å²) in [5.41, 5.74) is 18.8. The van der Waals surface area contributed by atoms with Gasteiger partial charge in [-0.15, -0.1) is 19.7 Å². The average Bonchev–Trinajstić information content (AvgIpc) is 4.19. The van der Waals surface area contributed by atoms with E-state index < -0.39 is 8.07 Å². The number of H-pyrrole nitrogens is 2. The number of aromatic nitrogens is 4. The highest BCUT2D eigenvalue weighted by Gasteiger charge is 2.29. The van der Waals surface area contributed by atoms with Gasteiger partial charge >= 0.3 is 5.97 Å². The Hall–Kier alpha value is -7.61. The highest BCUT2D eigenvalue weighted by atomic mass is 28.3. The Bertz CT molecular complexity index is 3150. The summed E-state index contributed by atoms with van der Waals surface area (Å²) in [5.74, 6) is -0.306. The Balaban J connectivity index is 1.33. The molecule has 0 radical (unpaired) electrons. The van der Waals surface area contributed by atoms with Crippen LogP contribution in [-0.4, -0.2) is 40.6 Å². The predicted octanol–water partition coefficient (Wildman–Crippen LogP) is 16.4. The van der Waals surface area contributed by atoms with Crippen molar-refractivity contribution in [3.8, 4) is 44.5 Å². The van der Waals surface area contributed by atoms with Gasteiger partial charge in [0.2, 0.25) is 0 Å². The molecule has 2 N–H and O–H groups in total. The molecule has 7 aromatic rings. The zero-order valence-electron chi connectivity index (χ0n) is 40.5. The number of hydrogen-bond donors (Lipinski definition) is 2. The van der Waals surface area contributed by atoms with Gasteiger partial charge in [0.25, 0.3) is 0 Å². The lowest BCUT2D eigenvalue weighted by molar-refractivity contribution is 0.0525. The molecule has 2 aliphatic heterocycles. The van der Waals surface area contributed by atoms with Crippen molar-refractivity contribution in [2.45, 2.75) is 64.2 Å². The third-order valence-corrected chi connectivity index (χ3v) is 15.0. The van der Waals surface area contributed by atoms with Gasteiger partial charge in [-0.05, 0) is 128 Å². The molecule has 0 aliphatic carbocycles. The van der Waals surface area contributed by atoms with Crippen LogP contribution in [0, 0.1) is 13.8 Å². The van der Waals surface area contributed by atoms with E-state index in [-0.39, 0.29) is 11.4 Å². The Labute approximate surface area is 407 Å². The van der Waals surface area contributed by atoms with Crippen molar-refractivity contribution in [1.29, 1.82) is 0 Å². The fourth-order valence-electron chi connectivity index (χ4n) is 9.59. The first-order chi connectivity index (χ1) is 33.4. The van der Waals surface area contributed by atoms with Crippen LogP contribution in [0.1, 0.15) is 69.1 Å². The normalized spacial score (nSPS) is 12.2. The van der Waals surface area contributed by atoms with Crippen molar-refractivity contribution in [1.82, 2.24) is 19.9 Å². The summed E-state index contributed by atoms with van der Waals surface area (Å²) in [6.45, 7) is 23.8. The number of carbonyl (C=O) groups is 1. The molecule has 0 amide bonds. The first-order valence-corrected chi connectivity index (χ1v) is 27.6. The number of hydrogen-bond acceptors (Lipinski definition) is 4. The standard InChI is InChI=1S/C62H60N4O2Si/c1-9-36-62(37-10-2,38-11-3)48-26-24-46(25-27-48)60-55-34-30-51(65-55)57(43-16-12-41(4)13-17-43)49-28-32-53(63-49)59(45-20-22-47(23-21-45)61(67)68-39-40-69(6,7)8)54-33-29-50(64-54)58(52-31-35-56(60)66-52)44-18-14-42(5)15-19-44/h9-35,63-64H,1-3,36-40H2,4-8H3. The average molecular weight is 921 g/mol. The zero-order valence-corrected chi connectivity index (χ0v) is 41.5. The van der Waals surface area contributed by atoms with Crippen LogP contribution in [-0.2, 0) is 10.2 Å². The van der Waals surface area contributed by atoms with E-state index in [9.17, 15) is 4.79 Å². The van der Waals surface area contributed by atoms with Crippen molar-refractivity contribution >= 4 is 60.4 Å². The summed E-state index contributed by atoms with van der Waals surface area (Å²) < 4.78 is 5.74. The molecule has 5 heterocycles. The van der Waals surface area contributed by atoms with Crippen LogP contribution >= 0.6 is 0 Å². The SMILES string of the molecule is C=CCC(CC=C)(CC=C)c1ccc(-c2c3nc(c(-c4ccc(C)cc4)c4ccc([nH]4)c(-c4ccc(C(=O)OCC[Si](C)(C)C)cc4)c4ccc([nH]4)c(-c4ccc(C)cc4)c4nc2C=C4)C=C3)cc1. The molecule has 69 heavy (non-hydrogen) atoms. The molecule has 3 aromatic heterocycles. The number of ether oxygens (including phenoxy) is 1. The van der Waals surface area contributed by atoms with Crippen molar-refractivity contribution in [2.75, 3.05) is 6.61 Å². The molecule has 344 valence electrons. The smallest absolute Gasteiger partial charge is 0.338 e. The Morgan fingerprint density at radius 2 is 0.884 bits per heavy atom. The summed E-state index contributed by atoms with van der Waals surface area (Å²) in [6, 6.07) is 43.4. The van der Waals surface area contributed by atoms with E-state index in [0.29, 0.717) is 12.2 Å². The number of nitrogens with zero attached hydrogens (tertiary/aromatic N) is 2. The van der Waals surface area contributed by atoms with Crippen LogP contribution in [0.3, 0.4) is 0 Å². The quantitative estimate of drug-likeness (QED) is 0.0609. The summed E-state index contributed by atoms with van der Waals surface area (Å²) in [6.07, 6.45) is 16.9. The van der Waals surface area contributed by atoms with Gasteiger partial charge in [-0.2, -0.15) is 0 Å². The fourth-order valence-corrected chi connectivity index (χ4v) is 10.3. The second-order valence-corrected chi connectivity index (χ2v) is 25.2. The minimum absolute atomic E-state index is 0.187. The number of allylic oxidation sites excluding steroid dienone is 3. The largest absolute Gasteiger partial charge is 0.462 e. The van der Waals surface area contributed by atoms with Gasteiger partial charge in [-0.25, -0.2) is 14.8 Å². The maximum absolute atomic E-state index is 13.2. The van der Waals surface area contributed by atoms with Gasteiger partial charge in [0, 0.05) is 57.8 Å². The van der Waals surface area contributed by atoms with Crippen molar-refractivity contribution in [3.05, 3.63) is 204 Å². The molecule has 0 atom stereocenters. The van der Waals surface area contributed by atoms with Gasteiger partial charge in [-0.3, -0.25) is 0 Å². The third-order valence-electron chi connectivity index (χ3n) is 13.3. The molecular formula is C62H60N4O2Si. The lowest BCUT2D eigenvalue weighted by atomic mass is 9.72. The van der Waals surface area contributed by atoms with Crippen LogP contribution in [0.4, 0.5) is 0 Å². The van der Waals surface area contributed by atoms with Gasteiger partial charge in [0.15, 0.2) is 0 Å². The number of aromatic amines is 2. The minimum Gasteiger partial charge on any atom is -0.462 e. The van der Waals surface area contributed by atoms with Crippen LogP contribution < -0.4 is 0 Å². The van der Waals surface area contributed by atoms with Crippen molar-refractivity contribution in [2.24, 2.45) is 0 Å². The van der Waals surface area contributed by atoms with Gasteiger partial charge < -0.3 is 14.7 Å². The summed E-state index contributed by atoms with van der Waals surface area (Å²) in [4.78, 5) is 32.0. The van der Waals surface area contributed by atoms with E-state index in [0.717, 1.165) is 115 Å². The molecule has 2 aliphatic rings. The lowest BCUT2D eigenvalue weighted by Crippen LogP contribution is -2.24. The van der Waals surface area contributed by atoms with Crippen LogP contribution in [0.5, 0.6) is 0 Å². The number of aryl methyl sites for hydroxylation is 2. The maximum atomic E-state index is 13.2. The topological polar surface area (TPSA) is 83.7 Å². The van der Waals surface area contributed by atoms with Gasteiger partial charge in [-0.1, -0.05) is 134 Å². The van der Waals surface area contributed by atoms with Gasteiger partial charge in [0.05, 0.1) is 34.9 Å². The van der Waals surface area contributed by atoms with E-state index in [2.05, 4.69) is 185 Å². The van der Waals surface area contributed by atoms with E-state index in [1.54, 1.807) is 0 Å². The number of fused-ring (bicyclic) bond motifs is 8. The van der Waals surface area contributed by atoms with E-state index in [4.69, 9.17) is 14.7 Å². The van der Waals surface area contributed by atoms with E-state index >= 15 is 0 Å². The molecule has 0 spiro atoms. The fraction of sp³-hybridized carbons (Fsp3) is 0.177. The molecule has 0 unspecified atom stereocenters. The molecule has 0 saturated heterocycles. The molecule has 4 aromatic carbocycles. The third kappa shape index (κ3) is 9.74. The number of carbonyl (C=O) groups excluding carboxylic acids is 1. The Kier molecular flexibility index (Phi) is 13.2. The summed E-state index contributed by atoms with van der Waals surface area (Å²) >= 11 is 0. The second-order valence-electron chi connectivity index (χ2n) is 19.6. The Morgan fingerprint density at radius 3 is 1.30 bits per heavy atom. The highest BCUT2D eigenvalue weighted by Crippen LogP contribution is 2.41. The highest BCUT2D eigenvalue weighted by molar-refractivity contribution is 6.76. The van der Waals surface area contributed by atoms with Crippen LogP contribution in [0.2, 0.25) is 25.7 Å². The van der Waals surface area contributed by atoms with Crippen molar-refractivity contribution < 1.29 is 9.53 Å². The first-order valence-electron chi connectivity index (χ1n) is 23.9. The molecule has 0 fully saturated rings. The summed E-state index contributed by atoms with van der Waals surface area (Å²) in [7, 11) is -1.36. The summed E-state index contributed by atoms with van der Waals surface area (Å²) in [5, 5.41) is 0. The number of rotatable bonds is 15. The second kappa shape index (κ2) is 19.5. The molecule has 8 bridgehead atoms. The lowest BCUT2D eigenvalue weighted by Gasteiger charge is -2.32. The molecule has 9 rings (SSSR count). The van der Waals surface area contributed by atoms with Crippen molar-refractivity contribution in [3.63, 3.8) is 0 Å². The van der Waals surface area contributed by atoms with E-state index in [1.807, 2.05) is 42.5 Å².